The lowest BCUT2D eigenvalue weighted by atomic mass is 10.0. The molecule has 2 rings (SSSR count). The topological polar surface area (TPSA) is 3.24 Å². The summed E-state index contributed by atoms with van der Waals surface area (Å²) in [5.74, 6) is -2.40. The molecule has 68 valence electrons. The van der Waals surface area contributed by atoms with E-state index in [1.165, 1.54) is 0 Å². The van der Waals surface area contributed by atoms with E-state index in [0.717, 1.165) is 0 Å². The summed E-state index contributed by atoms with van der Waals surface area (Å²) in [6.45, 7) is 4.17. The maximum Gasteiger partial charge on any atom is 0.255 e. The normalized spacial score (nSPS) is 45.1. The molecule has 1 saturated carbocycles. The Morgan fingerprint density at radius 1 is 1.58 bits per heavy atom. The van der Waals surface area contributed by atoms with Crippen molar-refractivity contribution < 1.29 is 8.78 Å². The van der Waals surface area contributed by atoms with Gasteiger partial charge in [0.1, 0.15) is 0 Å². The van der Waals surface area contributed by atoms with Crippen LogP contribution in [0.2, 0.25) is 0 Å². The van der Waals surface area contributed by atoms with Gasteiger partial charge >= 0.3 is 0 Å². The van der Waals surface area contributed by atoms with Crippen LogP contribution in [0, 0.1) is 5.41 Å². The Morgan fingerprint density at radius 2 is 2.17 bits per heavy atom. The molecule has 0 amide bonds. The highest BCUT2D eigenvalue weighted by Gasteiger charge is 2.73. The highest BCUT2D eigenvalue weighted by molar-refractivity contribution is 5.18. The highest BCUT2D eigenvalue weighted by Crippen LogP contribution is 2.66. The Kier molecular flexibility index (Phi) is 1.41. The monoisotopic (exact) mass is 173 g/mol. The van der Waals surface area contributed by atoms with Gasteiger partial charge in [-0.3, -0.25) is 4.90 Å². The average Bonchev–Trinajstić information content (AvgIpc) is 2.35. The fourth-order valence-electron chi connectivity index (χ4n) is 2.25. The number of likely N-dealkylation sites (N-methyl/N-ethyl adjacent to an activating group) is 1. The zero-order chi connectivity index (χ0) is 8.98. The molecule has 0 radical (unpaired) electrons. The van der Waals surface area contributed by atoms with Gasteiger partial charge in [0.25, 0.3) is 5.92 Å². The van der Waals surface area contributed by atoms with Crippen LogP contribution in [-0.2, 0) is 0 Å². The molecule has 2 atom stereocenters. The third-order valence-corrected chi connectivity index (χ3v) is 3.20. The van der Waals surface area contributed by atoms with Gasteiger partial charge in [-0.1, -0.05) is 6.08 Å². The first-order valence-corrected chi connectivity index (χ1v) is 4.21. The van der Waals surface area contributed by atoms with Crippen LogP contribution < -0.4 is 0 Å². The van der Waals surface area contributed by atoms with E-state index in [1.807, 2.05) is 11.9 Å². The minimum absolute atomic E-state index is 0.0781. The van der Waals surface area contributed by atoms with Gasteiger partial charge in [0.2, 0.25) is 0 Å². The van der Waals surface area contributed by atoms with E-state index < -0.39 is 11.3 Å². The summed E-state index contributed by atoms with van der Waals surface area (Å²) < 4.78 is 25.8. The van der Waals surface area contributed by atoms with Crippen LogP contribution in [0.25, 0.3) is 0 Å². The van der Waals surface area contributed by atoms with Gasteiger partial charge in [0, 0.05) is 19.0 Å². The third-order valence-electron chi connectivity index (χ3n) is 3.20. The van der Waals surface area contributed by atoms with E-state index in [-0.39, 0.29) is 12.5 Å². The number of nitrogens with zero attached hydrogens (tertiary/aromatic N) is 1. The standard InChI is InChI=1S/C9H13F2N/c1-3-7-4-8(6-12(7)2)5-9(8,10)11/h3,7H,1,4-6H2,2H3/t7-,8?/m1/s1. The van der Waals surface area contributed by atoms with Crippen LogP contribution in [0.15, 0.2) is 12.7 Å². The summed E-state index contributed by atoms with van der Waals surface area (Å²) in [4.78, 5) is 1.97. The summed E-state index contributed by atoms with van der Waals surface area (Å²) in [5.41, 5.74) is -0.694. The predicted molar refractivity (Wildman–Crippen MR) is 43.2 cm³/mol. The van der Waals surface area contributed by atoms with Crippen molar-refractivity contribution in [2.24, 2.45) is 5.41 Å². The molecule has 12 heavy (non-hydrogen) atoms. The van der Waals surface area contributed by atoms with Crippen molar-refractivity contribution in [3.8, 4) is 0 Å². The van der Waals surface area contributed by atoms with Crippen LogP contribution >= 0.6 is 0 Å². The van der Waals surface area contributed by atoms with Gasteiger partial charge in [-0.15, -0.1) is 6.58 Å². The number of rotatable bonds is 1. The Hall–Kier alpha value is -0.440. The molecule has 1 heterocycles. The molecule has 2 aliphatic rings. The zero-order valence-electron chi connectivity index (χ0n) is 7.19. The van der Waals surface area contributed by atoms with Gasteiger partial charge in [-0.2, -0.15) is 0 Å². The fraction of sp³-hybridized carbons (Fsp3) is 0.778. The molecule has 1 saturated heterocycles. The Labute approximate surface area is 71.0 Å². The predicted octanol–water partition coefficient (Wildman–Crippen LogP) is 1.90. The number of hydrogen-bond acceptors (Lipinski definition) is 1. The van der Waals surface area contributed by atoms with Gasteiger partial charge in [0.15, 0.2) is 0 Å². The van der Waals surface area contributed by atoms with Gasteiger partial charge < -0.3 is 0 Å². The van der Waals surface area contributed by atoms with Crippen molar-refractivity contribution in [3.05, 3.63) is 12.7 Å². The molecule has 1 nitrogen and oxygen atoms in total. The fourth-order valence-corrected chi connectivity index (χ4v) is 2.25. The molecule has 1 aliphatic carbocycles. The molecule has 0 bridgehead atoms. The van der Waals surface area contributed by atoms with Crippen molar-refractivity contribution in [3.63, 3.8) is 0 Å². The second-order valence-electron chi connectivity index (χ2n) is 4.08. The van der Waals surface area contributed by atoms with Crippen molar-refractivity contribution in [1.82, 2.24) is 4.90 Å². The molecule has 0 aromatic carbocycles. The molecule has 1 aliphatic heterocycles. The summed E-state index contributed by atoms with van der Waals surface area (Å²) in [6.07, 6.45) is 2.43. The van der Waals surface area contributed by atoms with E-state index in [4.69, 9.17) is 0 Å². The molecule has 0 aromatic heterocycles. The van der Waals surface area contributed by atoms with E-state index in [1.54, 1.807) is 6.08 Å². The summed E-state index contributed by atoms with van der Waals surface area (Å²) in [7, 11) is 1.88. The lowest BCUT2D eigenvalue weighted by Gasteiger charge is -2.13. The summed E-state index contributed by atoms with van der Waals surface area (Å²) >= 11 is 0. The molecular weight excluding hydrogens is 160 g/mol. The Morgan fingerprint density at radius 3 is 2.42 bits per heavy atom. The van der Waals surface area contributed by atoms with Crippen LogP contribution in [0.3, 0.4) is 0 Å². The van der Waals surface area contributed by atoms with Crippen molar-refractivity contribution in [1.29, 1.82) is 0 Å². The summed E-state index contributed by atoms with van der Waals surface area (Å²) in [6, 6.07) is 0.151. The molecular formula is C9H13F2N. The van der Waals surface area contributed by atoms with Crippen LogP contribution in [-0.4, -0.2) is 30.5 Å². The lowest BCUT2D eigenvalue weighted by Crippen LogP contribution is -2.23. The van der Waals surface area contributed by atoms with Gasteiger partial charge in [-0.05, 0) is 13.5 Å². The van der Waals surface area contributed by atoms with Crippen LogP contribution in [0.1, 0.15) is 12.8 Å². The Balaban J connectivity index is 2.12. The first kappa shape index (κ1) is 8.17. The van der Waals surface area contributed by atoms with E-state index in [0.29, 0.717) is 13.0 Å². The van der Waals surface area contributed by atoms with Crippen molar-refractivity contribution >= 4 is 0 Å². The van der Waals surface area contributed by atoms with E-state index in [2.05, 4.69) is 6.58 Å². The van der Waals surface area contributed by atoms with Crippen molar-refractivity contribution in [2.45, 2.75) is 24.8 Å². The van der Waals surface area contributed by atoms with Crippen LogP contribution in [0.4, 0.5) is 8.78 Å². The minimum atomic E-state index is -2.40. The molecule has 0 aromatic rings. The van der Waals surface area contributed by atoms with Gasteiger partial charge in [0.05, 0.1) is 5.41 Å². The average molecular weight is 173 g/mol. The minimum Gasteiger partial charge on any atom is -0.299 e. The maximum atomic E-state index is 12.9. The lowest BCUT2D eigenvalue weighted by molar-refractivity contribution is 0.0672. The van der Waals surface area contributed by atoms with Crippen molar-refractivity contribution in [2.75, 3.05) is 13.6 Å². The summed E-state index contributed by atoms with van der Waals surface area (Å²) in [5, 5.41) is 0. The molecule has 0 N–H and O–H groups in total. The van der Waals surface area contributed by atoms with Crippen LogP contribution in [0.5, 0.6) is 0 Å². The number of halogens is 2. The second kappa shape index (κ2) is 2.08. The third kappa shape index (κ3) is 0.859. The second-order valence-corrected chi connectivity index (χ2v) is 4.08. The highest BCUT2D eigenvalue weighted by atomic mass is 19.3. The molecule has 3 heteroatoms. The number of likely N-dealkylation sites (tertiary alicyclic amines) is 1. The first-order chi connectivity index (χ1) is 5.51. The smallest absolute Gasteiger partial charge is 0.255 e. The molecule has 2 fully saturated rings. The maximum absolute atomic E-state index is 12.9. The quantitative estimate of drug-likeness (QED) is 0.547. The van der Waals surface area contributed by atoms with Gasteiger partial charge in [-0.25, -0.2) is 8.78 Å². The van der Waals surface area contributed by atoms with E-state index >= 15 is 0 Å². The largest absolute Gasteiger partial charge is 0.299 e. The first-order valence-electron chi connectivity index (χ1n) is 4.21. The zero-order valence-corrected chi connectivity index (χ0v) is 7.19. The SMILES string of the molecule is C=C[C@@H]1CC2(CN1C)CC2(F)F. The molecule has 1 spiro atoms. The Bertz CT molecular complexity index is 227. The number of hydrogen-bond donors (Lipinski definition) is 0. The number of alkyl halides is 2. The van der Waals surface area contributed by atoms with E-state index in [9.17, 15) is 8.78 Å². The molecule has 1 unspecified atom stereocenters.